The van der Waals surface area contributed by atoms with Gasteiger partial charge in [-0.2, -0.15) is 0 Å². The number of rotatable bonds is 8. The number of hydrogen-bond donors (Lipinski definition) is 0. The SMILES string of the molecule is COc1cc(OC)c(C(=O)c2ccccc2[P+](=O)C(=O)c2c(Cl)cccc2Cl)c(OC)c1. The van der Waals surface area contributed by atoms with Gasteiger partial charge >= 0.3 is 13.3 Å². The van der Waals surface area contributed by atoms with Crippen LogP contribution in [0.25, 0.3) is 0 Å². The average molecular weight is 492 g/mol. The zero-order valence-corrected chi connectivity index (χ0v) is 19.8. The number of ketones is 1. The van der Waals surface area contributed by atoms with E-state index < -0.39 is 19.1 Å². The van der Waals surface area contributed by atoms with E-state index in [0.29, 0.717) is 5.75 Å². The number of hydrogen-bond acceptors (Lipinski definition) is 6. The van der Waals surface area contributed by atoms with E-state index in [4.69, 9.17) is 37.4 Å². The van der Waals surface area contributed by atoms with Gasteiger partial charge in [0.1, 0.15) is 28.4 Å². The van der Waals surface area contributed by atoms with Crippen molar-refractivity contribution < 1.29 is 28.4 Å². The van der Waals surface area contributed by atoms with Crippen molar-refractivity contribution in [1.29, 1.82) is 0 Å². The fourth-order valence-corrected chi connectivity index (χ4v) is 5.10. The van der Waals surface area contributed by atoms with E-state index in [9.17, 15) is 14.2 Å². The standard InChI is InChI=1S/C23H18Cl2O6P/c1-29-13-11-17(30-2)21(18(12-13)31-3)22(26)14-7-4-5-10-19(14)32(28)23(27)20-15(24)8-6-9-16(20)25/h4-12H,1-3H3/q+1. The molecule has 32 heavy (non-hydrogen) atoms. The van der Waals surface area contributed by atoms with E-state index in [2.05, 4.69) is 0 Å². The second kappa shape index (κ2) is 10.1. The third-order valence-electron chi connectivity index (χ3n) is 4.67. The molecular weight excluding hydrogens is 474 g/mol. The Morgan fingerprint density at radius 1 is 0.781 bits per heavy atom. The molecular formula is C23H18Cl2O6P+. The van der Waals surface area contributed by atoms with Gasteiger partial charge in [0.2, 0.25) is 11.1 Å². The maximum Gasteiger partial charge on any atom is 0.459 e. The van der Waals surface area contributed by atoms with Crippen LogP contribution >= 0.6 is 31.0 Å². The van der Waals surface area contributed by atoms with Crippen LogP contribution < -0.4 is 19.5 Å². The lowest BCUT2D eigenvalue weighted by molar-refractivity contribution is 0.103. The van der Waals surface area contributed by atoms with Crippen LogP contribution in [0.3, 0.4) is 0 Å². The van der Waals surface area contributed by atoms with Crippen LogP contribution in [0.4, 0.5) is 0 Å². The molecule has 3 rings (SSSR count). The van der Waals surface area contributed by atoms with Gasteiger partial charge in [-0.05, 0) is 24.3 Å². The molecule has 0 bridgehead atoms. The fraction of sp³-hybridized carbons (Fsp3) is 0.130. The van der Waals surface area contributed by atoms with Gasteiger partial charge in [-0.15, -0.1) is 0 Å². The molecule has 9 heteroatoms. The fourth-order valence-electron chi connectivity index (χ4n) is 3.12. The molecule has 3 aromatic rings. The first-order valence-electron chi connectivity index (χ1n) is 9.23. The summed E-state index contributed by atoms with van der Waals surface area (Å²) in [4.78, 5) is 26.5. The second-order valence-electron chi connectivity index (χ2n) is 6.45. The summed E-state index contributed by atoms with van der Waals surface area (Å²) in [6, 6.07) is 13.7. The molecule has 3 aromatic carbocycles. The average Bonchev–Trinajstić information content (AvgIpc) is 2.81. The molecule has 0 aromatic heterocycles. The smallest absolute Gasteiger partial charge is 0.459 e. The van der Waals surface area contributed by atoms with Crippen LogP contribution in [-0.4, -0.2) is 32.6 Å². The molecule has 0 amide bonds. The molecule has 0 radical (unpaired) electrons. The molecule has 0 saturated heterocycles. The Balaban J connectivity index is 2.13. The lowest BCUT2D eigenvalue weighted by atomic mass is 10.0. The Labute approximate surface area is 195 Å². The molecule has 164 valence electrons. The van der Waals surface area contributed by atoms with Crippen molar-refractivity contribution >= 4 is 47.6 Å². The highest BCUT2D eigenvalue weighted by molar-refractivity contribution is 7.71. The van der Waals surface area contributed by atoms with Crippen molar-refractivity contribution in [1.82, 2.24) is 0 Å². The van der Waals surface area contributed by atoms with Gasteiger partial charge in [0, 0.05) is 12.1 Å². The maximum absolute atomic E-state index is 13.5. The van der Waals surface area contributed by atoms with Crippen molar-refractivity contribution in [3.8, 4) is 17.2 Å². The Bertz CT molecular complexity index is 1180. The van der Waals surface area contributed by atoms with E-state index in [0.717, 1.165) is 0 Å². The molecule has 0 saturated carbocycles. The van der Waals surface area contributed by atoms with E-state index in [1.54, 1.807) is 18.2 Å². The van der Waals surface area contributed by atoms with Crippen LogP contribution in [0, 0.1) is 0 Å². The number of methoxy groups -OCH3 is 3. The highest BCUT2D eigenvalue weighted by Crippen LogP contribution is 2.38. The number of carbonyl (C=O) groups excluding carboxylic acids is 2. The van der Waals surface area contributed by atoms with Crippen molar-refractivity contribution in [2.45, 2.75) is 0 Å². The number of carbonyl (C=O) groups is 2. The summed E-state index contributed by atoms with van der Waals surface area (Å²) in [7, 11) is 1.57. The topological polar surface area (TPSA) is 78.9 Å². The van der Waals surface area contributed by atoms with Gasteiger partial charge in [0.05, 0.1) is 36.9 Å². The van der Waals surface area contributed by atoms with Crippen LogP contribution in [0.15, 0.2) is 54.6 Å². The molecule has 0 spiro atoms. The largest absolute Gasteiger partial charge is 0.496 e. The molecule has 0 aliphatic heterocycles. The highest BCUT2D eigenvalue weighted by atomic mass is 35.5. The van der Waals surface area contributed by atoms with Gasteiger partial charge < -0.3 is 14.2 Å². The normalized spacial score (nSPS) is 11.0. The van der Waals surface area contributed by atoms with E-state index in [1.807, 2.05) is 0 Å². The number of ether oxygens (including phenoxy) is 3. The molecule has 6 nitrogen and oxygen atoms in total. The zero-order chi connectivity index (χ0) is 23.4. The lowest BCUT2D eigenvalue weighted by Crippen LogP contribution is -2.17. The summed E-state index contributed by atoms with van der Waals surface area (Å²) in [6.45, 7) is 0. The molecule has 1 unspecified atom stereocenters. The highest BCUT2D eigenvalue weighted by Gasteiger charge is 2.39. The first kappa shape index (κ1) is 23.7. The van der Waals surface area contributed by atoms with E-state index >= 15 is 0 Å². The Kier molecular flexibility index (Phi) is 7.52. The predicted octanol–water partition coefficient (Wildman–Crippen LogP) is 5.54. The third-order valence-corrected chi connectivity index (χ3v) is 6.72. The molecule has 0 heterocycles. The van der Waals surface area contributed by atoms with Crippen molar-refractivity contribution in [3.63, 3.8) is 0 Å². The van der Waals surface area contributed by atoms with Crippen molar-refractivity contribution in [3.05, 3.63) is 81.3 Å². The van der Waals surface area contributed by atoms with Gasteiger partial charge in [0.25, 0.3) is 0 Å². The first-order valence-corrected chi connectivity index (χ1v) is 11.2. The monoisotopic (exact) mass is 491 g/mol. The number of benzene rings is 3. The zero-order valence-electron chi connectivity index (χ0n) is 17.3. The van der Waals surface area contributed by atoms with Crippen LogP contribution in [0.5, 0.6) is 17.2 Å². The molecule has 0 aliphatic rings. The van der Waals surface area contributed by atoms with Crippen LogP contribution in [0.2, 0.25) is 10.0 Å². The molecule has 0 fully saturated rings. The minimum atomic E-state index is -2.71. The summed E-state index contributed by atoms with van der Waals surface area (Å²) in [5.74, 6) is 0.310. The van der Waals surface area contributed by atoms with Gasteiger partial charge in [0.15, 0.2) is 0 Å². The third kappa shape index (κ3) is 4.49. The number of halogens is 2. The first-order chi connectivity index (χ1) is 15.3. The summed E-state index contributed by atoms with van der Waals surface area (Å²) < 4.78 is 29.2. The lowest BCUT2D eigenvalue weighted by Gasteiger charge is -2.14. The van der Waals surface area contributed by atoms with Crippen LogP contribution in [-0.2, 0) is 4.57 Å². The minimum absolute atomic E-state index is 0.0495. The predicted molar refractivity (Wildman–Crippen MR) is 124 cm³/mol. The quantitative estimate of drug-likeness (QED) is 0.304. The second-order valence-corrected chi connectivity index (χ2v) is 8.74. The van der Waals surface area contributed by atoms with Crippen molar-refractivity contribution in [2.24, 2.45) is 0 Å². The maximum atomic E-state index is 13.5. The van der Waals surface area contributed by atoms with Gasteiger partial charge in [-0.3, -0.25) is 4.79 Å². The molecule has 0 N–H and O–H groups in total. The van der Waals surface area contributed by atoms with E-state index in [1.165, 1.54) is 57.7 Å². The summed E-state index contributed by atoms with van der Waals surface area (Å²) in [5.41, 5.74) is -0.662. The van der Waals surface area contributed by atoms with Crippen LogP contribution in [0.1, 0.15) is 26.3 Å². The van der Waals surface area contributed by atoms with E-state index in [-0.39, 0.29) is 43.5 Å². The van der Waals surface area contributed by atoms with Gasteiger partial charge in [-0.25, -0.2) is 4.79 Å². The Hall–Kier alpha value is -2.92. The summed E-state index contributed by atoms with van der Waals surface area (Å²) in [5, 5.41) is 0.203. The Morgan fingerprint density at radius 2 is 1.34 bits per heavy atom. The Morgan fingerprint density at radius 3 is 1.88 bits per heavy atom. The summed E-state index contributed by atoms with van der Waals surface area (Å²) >= 11 is 12.2. The van der Waals surface area contributed by atoms with Crippen molar-refractivity contribution in [2.75, 3.05) is 21.3 Å². The van der Waals surface area contributed by atoms with Gasteiger partial charge in [-0.1, -0.05) is 46.0 Å². The molecule has 1 atom stereocenters. The summed E-state index contributed by atoms with van der Waals surface area (Å²) in [6.07, 6.45) is 0. The molecule has 0 aliphatic carbocycles. The minimum Gasteiger partial charge on any atom is -0.496 e.